The fourth-order valence-corrected chi connectivity index (χ4v) is 1.93. The molecular formula is C13H15N3O3. The van der Waals surface area contributed by atoms with E-state index in [9.17, 15) is 14.7 Å². The number of benzene rings is 1. The summed E-state index contributed by atoms with van der Waals surface area (Å²) < 4.78 is 0. The van der Waals surface area contributed by atoms with E-state index >= 15 is 0 Å². The normalized spacial score (nSPS) is 14.1. The van der Waals surface area contributed by atoms with Gasteiger partial charge < -0.3 is 15.8 Å². The van der Waals surface area contributed by atoms with E-state index in [4.69, 9.17) is 5.73 Å². The zero-order chi connectivity index (χ0) is 14.0. The monoisotopic (exact) mass is 261 g/mol. The van der Waals surface area contributed by atoms with E-state index < -0.39 is 24.0 Å². The molecule has 2 amide bonds. The molecule has 2 atom stereocenters. The van der Waals surface area contributed by atoms with Gasteiger partial charge in [0.15, 0.2) is 0 Å². The fourth-order valence-electron chi connectivity index (χ4n) is 1.93. The second kappa shape index (κ2) is 5.21. The van der Waals surface area contributed by atoms with Gasteiger partial charge in [-0.15, -0.1) is 0 Å². The Bertz CT molecular complexity index is 620. The topological polar surface area (TPSA) is 108 Å². The van der Waals surface area contributed by atoms with Gasteiger partial charge in [0.2, 0.25) is 11.8 Å². The van der Waals surface area contributed by atoms with Crippen LogP contribution < -0.4 is 11.1 Å². The van der Waals surface area contributed by atoms with Crippen molar-refractivity contribution in [1.82, 2.24) is 10.3 Å². The van der Waals surface area contributed by atoms with Crippen molar-refractivity contribution >= 4 is 22.7 Å². The molecule has 5 N–H and O–H groups in total. The number of H-pyrrole nitrogens is 1. The summed E-state index contributed by atoms with van der Waals surface area (Å²) in [5.74, 6) is -1.21. The predicted molar refractivity (Wildman–Crippen MR) is 70.1 cm³/mol. The molecule has 6 nitrogen and oxygen atoms in total. The van der Waals surface area contributed by atoms with Gasteiger partial charge in [0.25, 0.3) is 0 Å². The molecule has 2 unspecified atom stereocenters. The lowest BCUT2D eigenvalue weighted by atomic mass is 10.0. The van der Waals surface area contributed by atoms with E-state index in [1.165, 1.54) is 6.92 Å². The Balaban J connectivity index is 2.26. The first-order valence-corrected chi connectivity index (χ1v) is 5.82. The van der Waals surface area contributed by atoms with Crippen molar-refractivity contribution in [3.8, 4) is 0 Å². The zero-order valence-corrected chi connectivity index (χ0v) is 10.4. The second-order valence-electron chi connectivity index (χ2n) is 4.31. The molecule has 0 saturated carbocycles. The van der Waals surface area contributed by atoms with Crippen LogP contribution in [-0.4, -0.2) is 27.9 Å². The number of nitrogens with one attached hydrogen (secondary N) is 2. The van der Waals surface area contributed by atoms with Gasteiger partial charge in [-0.05, 0) is 6.07 Å². The van der Waals surface area contributed by atoms with Gasteiger partial charge in [-0.25, -0.2) is 0 Å². The summed E-state index contributed by atoms with van der Waals surface area (Å²) in [5, 5.41) is 13.0. The van der Waals surface area contributed by atoms with Gasteiger partial charge in [-0.2, -0.15) is 0 Å². The van der Waals surface area contributed by atoms with Crippen LogP contribution in [0.3, 0.4) is 0 Å². The van der Waals surface area contributed by atoms with Crippen LogP contribution in [0.1, 0.15) is 18.6 Å². The summed E-state index contributed by atoms with van der Waals surface area (Å²) in [6, 6.07) is 6.15. The number of aliphatic hydroxyl groups excluding tert-OH is 1. The van der Waals surface area contributed by atoms with Gasteiger partial charge in [0, 0.05) is 29.6 Å². The Labute approximate surface area is 109 Å². The number of fused-ring (bicyclic) bond motifs is 1. The number of hydrogen-bond acceptors (Lipinski definition) is 4. The molecule has 0 spiro atoms. The third-order valence-electron chi connectivity index (χ3n) is 2.88. The lowest BCUT2D eigenvalue weighted by Gasteiger charge is -2.17. The molecule has 0 saturated heterocycles. The van der Waals surface area contributed by atoms with Crippen molar-refractivity contribution in [1.29, 1.82) is 0 Å². The van der Waals surface area contributed by atoms with Crippen molar-refractivity contribution in [2.24, 2.45) is 5.73 Å². The minimum atomic E-state index is -1.21. The van der Waals surface area contributed by atoms with Crippen LogP contribution in [0.2, 0.25) is 0 Å². The maximum Gasteiger partial charge on any atom is 0.246 e. The first kappa shape index (κ1) is 13.3. The molecule has 0 aliphatic rings. The number of aromatic nitrogens is 1. The minimum absolute atomic E-state index is 0.508. The third-order valence-corrected chi connectivity index (χ3v) is 2.88. The number of aromatic amines is 1. The quantitative estimate of drug-likeness (QED) is 0.632. The number of aliphatic hydroxyl groups is 1. The third kappa shape index (κ3) is 2.64. The first-order valence-electron chi connectivity index (χ1n) is 5.82. The van der Waals surface area contributed by atoms with E-state index in [1.54, 1.807) is 6.20 Å². The standard InChI is InChI=1S/C13H15N3O3/c1-7(17)16-13(19)11(14)12(18)9-6-15-10-5-3-2-4-8(9)10/h2-6,11-12,15,18H,14H2,1H3,(H,16,17,19). The van der Waals surface area contributed by atoms with Gasteiger partial charge >= 0.3 is 0 Å². The highest BCUT2D eigenvalue weighted by Gasteiger charge is 2.26. The highest BCUT2D eigenvalue weighted by atomic mass is 16.3. The highest BCUT2D eigenvalue weighted by molar-refractivity contribution is 5.97. The van der Waals surface area contributed by atoms with E-state index in [0.717, 1.165) is 10.9 Å². The average Bonchev–Trinajstić information content (AvgIpc) is 2.80. The Hall–Kier alpha value is -2.18. The highest BCUT2D eigenvalue weighted by Crippen LogP contribution is 2.25. The van der Waals surface area contributed by atoms with Crippen molar-refractivity contribution in [3.05, 3.63) is 36.0 Å². The van der Waals surface area contributed by atoms with Gasteiger partial charge in [0.05, 0.1) is 0 Å². The molecule has 0 aliphatic heterocycles. The predicted octanol–water partition coefficient (Wildman–Crippen LogP) is 0.191. The van der Waals surface area contributed by atoms with Crippen LogP contribution >= 0.6 is 0 Å². The first-order chi connectivity index (χ1) is 9.00. The Morgan fingerprint density at radius 3 is 2.74 bits per heavy atom. The molecule has 1 heterocycles. The van der Waals surface area contributed by atoms with E-state index in [-0.39, 0.29) is 0 Å². The second-order valence-corrected chi connectivity index (χ2v) is 4.31. The molecule has 1 aromatic carbocycles. The lowest BCUT2D eigenvalue weighted by Crippen LogP contribution is -2.46. The van der Waals surface area contributed by atoms with Gasteiger partial charge in [-0.3, -0.25) is 14.9 Å². The van der Waals surface area contributed by atoms with Crippen LogP contribution in [0.25, 0.3) is 10.9 Å². The Morgan fingerprint density at radius 1 is 1.37 bits per heavy atom. The summed E-state index contributed by atoms with van der Waals surface area (Å²) in [4.78, 5) is 25.4. The molecule has 2 rings (SSSR count). The van der Waals surface area contributed by atoms with Gasteiger partial charge in [0.1, 0.15) is 12.1 Å². The largest absolute Gasteiger partial charge is 0.386 e. The number of para-hydroxylation sites is 1. The molecule has 19 heavy (non-hydrogen) atoms. The molecule has 2 aromatic rings. The van der Waals surface area contributed by atoms with Crippen LogP contribution in [0.4, 0.5) is 0 Å². The molecule has 0 fully saturated rings. The van der Waals surface area contributed by atoms with E-state index in [2.05, 4.69) is 10.3 Å². The van der Waals surface area contributed by atoms with E-state index in [1.807, 2.05) is 24.3 Å². The number of rotatable bonds is 3. The average molecular weight is 261 g/mol. The molecular weight excluding hydrogens is 246 g/mol. The van der Waals surface area contributed by atoms with Crippen molar-refractivity contribution < 1.29 is 14.7 Å². The van der Waals surface area contributed by atoms with Crippen LogP contribution in [0.5, 0.6) is 0 Å². The van der Waals surface area contributed by atoms with Crippen LogP contribution in [-0.2, 0) is 9.59 Å². The van der Waals surface area contributed by atoms with E-state index in [0.29, 0.717) is 5.56 Å². The fraction of sp³-hybridized carbons (Fsp3) is 0.231. The van der Waals surface area contributed by atoms with Crippen LogP contribution in [0.15, 0.2) is 30.5 Å². The molecule has 100 valence electrons. The number of amides is 2. The summed E-state index contributed by atoms with van der Waals surface area (Å²) in [6.07, 6.45) is 0.423. The summed E-state index contributed by atoms with van der Waals surface area (Å²) in [7, 11) is 0. The zero-order valence-electron chi connectivity index (χ0n) is 10.4. The van der Waals surface area contributed by atoms with Crippen LogP contribution in [0, 0.1) is 0 Å². The van der Waals surface area contributed by atoms with Crippen molar-refractivity contribution in [2.45, 2.75) is 19.1 Å². The summed E-state index contributed by atoms with van der Waals surface area (Å²) in [6.45, 7) is 1.21. The van der Waals surface area contributed by atoms with Crippen molar-refractivity contribution in [2.75, 3.05) is 0 Å². The SMILES string of the molecule is CC(=O)NC(=O)C(N)C(O)c1c[nH]c2ccccc12. The Kier molecular flexibility index (Phi) is 3.64. The summed E-state index contributed by atoms with van der Waals surface area (Å²) >= 11 is 0. The number of hydrogen-bond donors (Lipinski definition) is 4. The smallest absolute Gasteiger partial charge is 0.246 e. The number of imide groups is 1. The number of carbonyl (C=O) groups excluding carboxylic acids is 2. The maximum atomic E-state index is 11.6. The maximum absolute atomic E-state index is 11.6. The van der Waals surface area contributed by atoms with Gasteiger partial charge in [-0.1, -0.05) is 18.2 Å². The minimum Gasteiger partial charge on any atom is -0.386 e. The number of nitrogens with two attached hydrogens (primary N) is 1. The molecule has 1 aromatic heterocycles. The molecule has 0 bridgehead atoms. The molecule has 0 radical (unpaired) electrons. The summed E-state index contributed by atoms with van der Waals surface area (Å²) in [5.41, 5.74) is 7.04. The number of carbonyl (C=O) groups is 2. The lowest BCUT2D eigenvalue weighted by molar-refractivity contribution is -0.131. The molecule has 6 heteroatoms. The Morgan fingerprint density at radius 2 is 2.05 bits per heavy atom. The molecule has 0 aliphatic carbocycles. The van der Waals surface area contributed by atoms with Crippen molar-refractivity contribution in [3.63, 3.8) is 0 Å².